The van der Waals surface area contributed by atoms with Gasteiger partial charge < -0.3 is 9.47 Å². The Morgan fingerprint density at radius 3 is 2.67 bits per heavy atom. The summed E-state index contributed by atoms with van der Waals surface area (Å²) < 4.78 is 2.23. The lowest BCUT2D eigenvalue weighted by Crippen LogP contribution is -2.17. The maximum atomic E-state index is 9.02. The van der Waals surface area contributed by atoms with Crippen LogP contribution in [0.4, 0.5) is 0 Å². The van der Waals surface area contributed by atoms with Crippen molar-refractivity contribution >= 4 is 10.9 Å². The van der Waals surface area contributed by atoms with Crippen molar-refractivity contribution in [2.45, 2.75) is 12.8 Å². The summed E-state index contributed by atoms with van der Waals surface area (Å²) in [6.45, 7) is 1.00. The largest absolute Gasteiger partial charge is 0.347 e. The number of likely N-dealkylation sites (N-methyl/N-ethyl adjacent to an activating group) is 1. The highest BCUT2D eigenvalue weighted by Gasteiger charge is 2.14. The molecule has 1 heterocycles. The SMILES string of the molecule is CN(C)CCc1c(CC#N)c2ccccc2n1C. The number of fused-ring (bicyclic) bond motifs is 1. The molecule has 2 aromatic rings. The van der Waals surface area contributed by atoms with Gasteiger partial charge in [-0.05, 0) is 25.7 Å². The first-order valence-electron chi connectivity index (χ1n) is 6.22. The Hall–Kier alpha value is -1.79. The molecule has 0 aliphatic carbocycles. The molecule has 94 valence electrons. The van der Waals surface area contributed by atoms with Crippen molar-refractivity contribution in [2.24, 2.45) is 7.05 Å². The number of nitriles is 1. The van der Waals surface area contributed by atoms with Crippen molar-refractivity contribution in [2.75, 3.05) is 20.6 Å². The van der Waals surface area contributed by atoms with Crippen LogP contribution in [0.2, 0.25) is 0 Å². The minimum Gasteiger partial charge on any atom is -0.347 e. The fraction of sp³-hybridized carbons (Fsp3) is 0.400. The predicted octanol–water partition coefficient (Wildman–Crippen LogP) is 2.35. The molecule has 3 heteroatoms. The molecule has 0 atom stereocenters. The van der Waals surface area contributed by atoms with Gasteiger partial charge in [0.05, 0.1) is 12.5 Å². The minimum absolute atomic E-state index is 0.490. The maximum absolute atomic E-state index is 9.02. The smallest absolute Gasteiger partial charge is 0.0670 e. The molecule has 18 heavy (non-hydrogen) atoms. The summed E-state index contributed by atoms with van der Waals surface area (Å²) >= 11 is 0. The first kappa shape index (κ1) is 12.7. The molecule has 0 N–H and O–H groups in total. The van der Waals surface area contributed by atoms with Crippen molar-refractivity contribution in [1.82, 2.24) is 9.47 Å². The quantitative estimate of drug-likeness (QED) is 0.823. The molecular formula is C15H19N3. The molecule has 0 radical (unpaired) electrons. The van der Waals surface area contributed by atoms with E-state index in [4.69, 9.17) is 5.26 Å². The van der Waals surface area contributed by atoms with Gasteiger partial charge in [-0.15, -0.1) is 0 Å². The first-order valence-corrected chi connectivity index (χ1v) is 6.22. The van der Waals surface area contributed by atoms with Crippen molar-refractivity contribution < 1.29 is 0 Å². The van der Waals surface area contributed by atoms with E-state index in [1.165, 1.54) is 22.2 Å². The third-order valence-corrected chi connectivity index (χ3v) is 3.40. The number of aromatic nitrogens is 1. The van der Waals surface area contributed by atoms with Gasteiger partial charge in [0.2, 0.25) is 0 Å². The Bertz CT molecular complexity index is 588. The topological polar surface area (TPSA) is 32.0 Å². The van der Waals surface area contributed by atoms with Gasteiger partial charge in [-0.2, -0.15) is 5.26 Å². The number of hydrogen-bond acceptors (Lipinski definition) is 2. The highest BCUT2D eigenvalue weighted by molar-refractivity contribution is 5.85. The third-order valence-electron chi connectivity index (χ3n) is 3.40. The van der Waals surface area contributed by atoms with Crippen LogP contribution >= 0.6 is 0 Å². The first-order chi connectivity index (χ1) is 8.65. The van der Waals surface area contributed by atoms with Crippen molar-refractivity contribution in [3.8, 4) is 6.07 Å². The number of rotatable bonds is 4. The molecule has 0 aliphatic rings. The van der Waals surface area contributed by atoms with Crippen LogP contribution in [0, 0.1) is 11.3 Å². The predicted molar refractivity (Wildman–Crippen MR) is 74.5 cm³/mol. The summed E-state index contributed by atoms with van der Waals surface area (Å²) in [6.07, 6.45) is 1.47. The van der Waals surface area contributed by atoms with Gasteiger partial charge in [0, 0.05) is 36.6 Å². The van der Waals surface area contributed by atoms with Gasteiger partial charge in [-0.1, -0.05) is 18.2 Å². The molecule has 1 aromatic carbocycles. The molecular weight excluding hydrogens is 222 g/mol. The molecule has 0 fully saturated rings. The summed E-state index contributed by atoms with van der Waals surface area (Å²) in [5, 5.41) is 10.2. The molecule has 1 aromatic heterocycles. The standard InChI is InChI=1S/C15H19N3/c1-17(2)11-9-15-13(8-10-16)12-6-4-5-7-14(12)18(15)3/h4-7H,8-9,11H2,1-3H3. The van der Waals surface area contributed by atoms with E-state index in [2.05, 4.69) is 48.8 Å². The van der Waals surface area contributed by atoms with Gasteiger partial charge in [0.25, 0.3) is 0 Å². The summed E-state index contributed by atoms with van der Waals surface area (Å²) in [5.74, 6) is 0. The molecule has 3 nitrogen and oxygen atoms in total. The normalized spacial score (nSPS) is 11.1. The summed E-state index contributed by atoms with van der Waals surface area (Å²) in [5.41, 5.74) is 3.69. The third kappa shape index (κ3) is 2.25. The van der Waals surface area contributed by atoms with E-state index in [1.807, 2.05) is 12.1 Å². The monoisotopic (exact) mass is 241 g/mol. The Kier molecular flexibility index (Phi) is 3.69. The van der Waals surface area contributed by atoms with Crippen LogP contribution in [0.1, 0.15) is 11.3 Å². The van der Waals surface area contributed by atoms with Gasteiger partial charge in [0.15, 0.2) is 0 Å². The lowest BCUT2D eigenvalue weighted by Gasteiger charge is -2.11. The molecule has 0 bridgehead atoms. The zero-order chi connectivity index (χ0) is 13.1. The van der Waals surface area contributed by atoms with Crippen LogP contribution in [0.3, 0.4) is 0 Å². The van der Waals surface area contributed by atoms with Crippen molar-refractivity contribution in [1.29, 1.82) is 5.26 Å². The van der Waals surface area contributed by atoms with Gasteiger partial charge in [0.1, 0.15) is 0 Å². The number of hydrogen-bond donors (Lipinski definition) is 0. The van der Waals surface area contributed by atoms with Crippen molar-refractivity contribution in [3.63, 3.8) is 0 Å². The number of aryl methyl sites for hydroxylation is 1. The van der Waals surface area contributed by atoms with Crippen LogP contribution in [0.5, 0.6) is 0 Å². The molecule has 0 spiro atoms. The second-order valence-electron chi connectivity index (χ2n) is 4.89. The lowest BCUT2D eigenvalue weighted by molar-refractivity contribution is 0.409. The Balaban J connectivity index is 2.52. The fourth-order valence-electron chi connectivity index (χ4n) is 2.45. The molecule has 2 rings (SSSR count). The average molecular weight is 241 g/mol. The highest BCUT2D eigenvalue weighted by Crippen LogP contribution is 2.26. The van der Waals surface area contributed by atoms with E-state index >= 15 is 0 Å². The molecule has 0 aliphatic heterocycles. The summed E-state index contributed by atoms with van der Waals surface area (Å²) in [6, 6.07) is 10.6. The van der Waals surface area contributed by atoms with Crippen molar-refractivity contribution in [3.05, 3.63) is 35.5 Å². The maximum Gasteiger partial charge on any atom is 0.0670 e. The average Bonchev–Trinajstić information content (AvgIpc) is 2.62. The van der Waals surface area contributed by atoms with E-state index < -0.39 is 0 Å². The molecule has 0 saturated carbocycles. The van der Waals surface area contributed by atoms with Gasteiger partial charge in [-0.25, -0.2) is 0 Å². The number of nitrogens with zero attached hydrogens (tertiary/aromatic N) is 3. The van der Waals surface area contributed by atoms with Crippen LogP contribution < -0.4 is 0 Å². The van der Waals surface area contributed by atoms with Gasteiger partial charge in [-0.3, -0.25) is 0 Å². The Morgan fingerprint density at radius 1 is 1.28 bits per heavy atom. The highest BCUT2D eigenvalue weighted by atomic mass is 15.1. The minimum atomic E-state index is 0.490. The lowest BCUT2D eigenvalue weighted by atomic mass is 10.1. The van der Waals surface area contributed by atoms with Crippen LogP contribution in [0.15, 0.2) is 24.3 Å². The zero-order valence-corrected chi connectivity index (χ0v) is 11.3. The van der Waals surface area contributed by atoms with E-state index in [9.17, 15) is 0 Å². The number of para-hydroxylation sites is 1. The molecule has 0 unspecified atom stereocenters. The van der Waals surface area contributed by atoms with E-state index in [0.29, 0.717) is 6.42 Å². The summed E-state index contributed by atoms with van der Waals surface area (Å²) in [4.78, 5) is 2.17. The molecule has 0 saturated heterocycles. The summed E-state index contributed by atoms with van der Waals surface area (Å²) in [7, 11) is 6.24. The fourth-order valence-corrected chi connectivity index (χ4v) is 2.45. The second kappa shape index (κ2) is 5.24. The Morgan fingerprint density at radius 2 is 2.00 bits per heavy atom. The van der Waals surface area contributed by atoms with Crippen LogP contribution in [-0.2, 0) is 19.9 Å². The number of benzene rings is 1. The second-order valence-corrected chi connectivity index (χ2v) is 4.89. The van der Waals surface area contributed by atoms with Crippen LogP contribution in [0.25, 0.3) is 10.9 Å². The van der Waals surface area contributed by atoms with Crippen LogP contribution in [-0.4, -0.2) is 30.1 Å². The van der Waals surface area contributed by atoms with Gasteiger partial charge >= 0.3 is 0 Å². The van der Waals surface area contributed by atoms with E-state index in [0.717, 1.165) is 13.0 Å². The van der Waals surface area contributed by atoms with E-state index in [-0.39, 0.29) is 0 Å². The molecule has 0 amide bonds. The Labute approximate surface area is 108 Å². The zero-order valence-electron chi connectivity index (χ0n) is 11.3. The van der Waals surface area contributed by atoms with E-state index in [1.54, 1.807) is 0 Å².